The van der Waals surface area contributed by atoms with Crippen LogP contribution in [0.1, 0.15) is 10.6 Å². The van der Waals surface area contributed by atoms with Gasteiger partial charge in [0.1, 0.15) is 0 Å². The Kier molecular flexibility index (Phi) is 1.86. The number of halogens is 1. The minimum absolute atomic E-state index is 0.537. The van der Waals surface area contributed by atoms with Gasteiger partial charge in [0.2, 0.25) is 0 Å². The Bertz CT molecular complexity index is 173. The van der Waals surface area contributed by atoms with E-state index in [1.807, 2.05) is 12.4 Å². The van der Waals surface area contributed by atoms with Crippen molar-refractivity contribution in [1.29, 1.82) is 0 Å². The summed E-state index contributed by atoms with van der Waals surface area (Å²) in [4.78, 5) is 5.24. The van der Waals surface area contributed by atoms with Gasteiger partial charge in [0.05, 0.1) is 17.1 Å². The molecule has 0 N–H and O–H groups in total. The molecule has 0 saturated heterocycles. The molecule has 1 aromatic heterocycles. The van der Waals surface area contributed by atoms with Gasteiger partial charge in [0, 0.05) is 4.88 Å². The lowest BCUT2D eigenvalue weighted by Crippen LogP contribution is -1.76. The summed E-state index contributed by atoms with van der Waals surface area (Å²) in [5, 5.41) is 0. The van der Waals surface area contributed by atoms with Gasteiger partial charge < -0.3 is 0 Å². The molecular weight excluding hydrogens is 142 g/mol. The van der Waals surface area contributed by atoms with Gasteiger partial charge in [-0.2, -0.15) is 0 Å². The van der Waals surface area contributed by atoms with E-state index in [1.54, 1.807) is 11.3 Å². The third kappa shape index (κ3) is 1.01. The molecule has 1 nitrogen and oxygen atoms in total. The zero-order valence-corrected chi connectivity index (χ0v) is 6.09. The van der Waals surface area contributed by atoms with E-state index in [2.05, 4.69) is 4.98 Å². The fourth-order valence-corrected chi connectivity index (χ4v) is 1.40. The molecule has 0 aromatic carbocycles. The quantitative estimate of drug-likeness (QED) is 0.555. The lowest BCUT2D eigenvalue weighted by Gasteiger charge is -1.84. The molecule has 0 spiro atoms. The van der Waals surface area contributed by atoms with Crippen molar-refractivity contribution < 1.29 is 0 Å². The second kappa shape index (κ2) is 2.46. The molecule has 0 aliphatic rings. The topological polar surface area (TPSA) is 12.9 Å². The molecular formula is C5H6ClNS. The van der Waals surface area contributed by atoms with E-state index in [1.165, 1.54) is 4.88 Å². The second-order valence-corrected chi connectivity index (χ2v) is 2.82. The monoisotopic (exact) mass is 147 g/mol. The summed E-state index contributed by atoms with van der Waals surface area (Å²) < 4.78 is 0. The number of aromatic nitrogens is 1. The summed E-state index contributed by atoms with van der Waals surface area (Å²) in [6.45, 7) is 2.02. The third-order valence-corrected chi connectivity index (χ3v) is 2.02. The molecule has 44 valence electrons. The van der Waals surface area contributed by atoms with E-state index in [9.17, 15) is 0 Å². The van der Waals surface area contributed by atoms with Crippen molar-refractivity contribution in [3.05, 3.63) is 16.1 Å². The van der Waals surface area contributed by atoms with Gasteiger partial charge in [-0.3, -0.25) is 0 Å². The Balaban J connectivity index is 2.92. The molecule has 0 amide bonds. The Morgan fingerprint density at radius 1 is 1.88 bits per heavy atom. The fraction of sp³-hybridized carbons (Fsp3) is 0.400. The van der Waals surface area contributed by atoms with Crippen LogP contribution in [0, 0.1) is 6.92 Å². The zero-order valence-electron chi connectivity index (χ0n) is 4.52. The van der Waals surface area contributed by atoms with Gasteiger partial charge in [0.25, 0.3) is 0 Å². The molecule has 0 atom stereocenters. The second-order valence-electron chi connectivity index (χ2n) is 1.49. The molecule has 0 radical (unpaired) electrons. The highest BCUT2D eigenvalue weighted by atomic mass is 35.5. The minimum Gasteiger partial charge on any atom is -0.248 e. The maximum Gasteiger partial charge on any atom is 0.0798 e. The molecule has 0 saturated carbocycles. The molecule has 1 aromatic rings. The zero-order chi connectivity index (χ0) is 5.98. The Morgan fingerprint density at radius 2 is 2.62 bits per heavy atom. The van der Waals surface area contributed by atoms with Crippen LogP contribution in [0.5, 0.6) is 0 Å². The molecule has 8 heavy (non-hydrogen) atoms. The molecule has 0 bridgehead atoms. The molecule has 1 heterocycles. The van der Waals surface area contributed by atoms with E-state index < -0.39 is 0 Å². The van der Waals surface area contributed by atoms with Crippen molar-refractivity contribution in [2.24, 2.45) is 0 Å². The Hall–Kier alpha value is -0.0800. The molecule has 0 aliphatic heterocycles. The summed E-state index contributed by atoms with van der Waals surface area (Å²) in [7, 11) is 0. The molecule has 0 unspecified atom stereocenters. The standard InChI is InChI=1S/C5H6ClNS/c1-4-5(2-6)7-3-8-4/h3H,2H2,1H3. The van der Waals surface area contributed by atoms with Crippen molar-refractivity contribution in [3.8, 4) is 0 Å². The maximum atomic E-state index is 5.52. The van der Waals surface area contributed by atoms with Crippen LogP contribution in [0.3, 0.4) is 0 Å². The number of aryl methyl sites for hydroxylation is 1. The van der Waals surface area contributed by atoms with E-state index >= 15 is 0 Å². The van der Waals surface area contributed by atoms with Crippen LogP contribution < -0.4 is 0 Å². The average Bonchev–Trinajstić information content (AvgIpc) is 2.14. The smallest absolute Gasteiger partial charge is 0.0798 e. The average molecular weight is 148 g/mol. The van der Waals surface area contributed by atoms with E-state index in [0.29, 0.717) is 5.88 Å². The lowest BCUT2D eigenvalue weighted by atomic mass is 10.4. The summed E-state index contributed by atoms with van der Waals surface area (Å²) in [5.41, 5.74) is 2.82. The van der Waals surface area contributed by atoms with Gasteiger partial charge in [-0.25, -0.2) is 4.98 Å². The highest BCUT2D eigenvalue weighted by Crippen LogP contribution is 2.12. The van der Waals surface area contributed by atoms with Gasteiger partial charge in [-0.1, -0.05) is 0 Å². The van der Waals surface area contributed by atoms with Gasteiger partial charge in [-0.05, 0) is 6.92 Å². The van der Waals surface area contributed by atoms with Crippen molar-refractivity contribution in [2.45, 2.75) is 12.8 Å². The number of hydrogen-bond donors (Lipinski definition) is 0. The molecule has 0 aliphatic carbocycles. The summed E-state index contributed by atoms with van der Waals surface area (Å²) in [5.74, 6) is 0.537. The summed E-state index contributed by atoms with van der Waals surface area (Å²) in [6, 6.07) is 0. The number of hydrogen-bond acceptors (Lipinski definition) is 2. The minimum atomic E-state index is 0.537. The van der Waals surface area contributed by atoms with E-state index in [-0.39, 0.29) is 0 Å². The summed E-state index contributed by atoms with van der Waals surface area (Å²) in [6.07, 6.45) is 0. The van der Waals surface area contributed by atoms with E-state index in [4.69, 9.17) is 11.6 Å². The first-order valence-electron chi connectivity index (χ1n) is 2.29. The Morgan fingerprint density at radius 3 is 2.88 bits per heavy atom. The molecule has 1 rings (SSSR count). The predicted molar refractivity (Wildman–Crippen MR) is 36.4 cm³/mol. The number of nitrogens with zero attached hydrogens (tertiary/aromatic N) is 1. The normalized spacial score (nSPS) is 9.75. The van der Waals surface area contributed by atoms with Crippen LogP contribution in [0.15, 0.2) is 5.51 Å². The fourth-order valence-electron chi connectivity index (χ4n) is 0.457. The number of alkyl halides is 1. The SMILES string of the molecule is Cc1scnc1CCl. The van der Waals surface area contributed by atoms with Crippen LogP contribution >= 0.6 is 22.9 Å². The van der Waals surface area contributed by atoms with Crippen LogP contribution in [0.25, 0.3) is 0 Å². The molecule has 0 fully saturated rings. The lowest BCUT2D eigenvalue weighted by molar-refractivity contribution is 1.19. The van der Waals surface area contributed by atoms with Gasteiger partial charge in [0.15, 0.2) is 0 Å². The van der Waals surface area contributed by atoms with Crippen LogP contribution in [-0.4, -0.2) is 4.98 Å². The number of thiazole rings is 1. The van der Waals surface area contributed by atoms with Crippen LogP contribution in [-0.2, 0) is 5.88 Å². The van der Waals surface area contributed by atoms with Crippen molar-refractivity contribution in [3.63, 3.8) is 0 Å². The van der Waals surface area contributed by atoms with Crippen LogP contribution in [0.4, 0.5) is 0 Å². The first-order chi connectivity index (χ1) is 3.84. The van der Waals surface area contributed by atoms with Crippen molar-refractivity contribution in [2.75, 3.05) is 0 Å². The molecule has 3 heteroatoms. The van der Waals surface area contributed by atoms with E-state index in [0.717, 1.165) is 5.69 Å². The largest absolute Gasteiger partial charge is 0.248 e. The third-order valence-electron chi connectivity index (χ3n) is 0.971. The highest BCUT2D eigenvalue weighted by molar-refractivity contribution is 7.09. The number of rotatable bonds is 1. The highest BCUT2D eigenvalue weighted by Gasteiger charge is 1.95. The van der Waals surface area contributed by atoms with Gasteiger partial charge >= 0.3 is 0 Å². The van der Waals surface area contributed by atoms with Crippen LogP contribution in [0.2, 0.25) is 0 Å². The van der Waals surface area contributed by atoms with Gasteiger partial charge in [-0.15, -0.1) is 22.9 Å². The summed E-state index contributed by atoms with van der Waals surface area (Å²) >= 11 is 7.15. The first kappa shape index (κ1) is 6.05. The van der Waals surface area contributed by atoms with Crippen molar-refractivity contribution in [1.82, 2.24) is 4.98 Å². The Labute approximate surface area is 57.3 Å². The maximum absolute atomic E-state index is 5.52. The van der Waals surface area contributed by atoms with Crippen molar-refractivity contribution >= 4 is 22.9 Å². The predicted octanol–water partition coefficient (Wildman–Crippen LogP) is 2.19. The first-order valence-corrected chi connectivity index (χ1v) is 3.71.